The number of carbonyl (C=O) groups is 1. The summed E-state index contributed by atoms with van der Waals surface area (Å²) in [6.45, 7) is 1.84. The van der Waals surface area contributed by atoms with Crippen LogP contribution in [0.5, 0.6) is 11.5 Å². The Bertz CT molecular complexity index is 551. The van der Waals surface area contributed by atoms with Gasteiger partial charge in [-0.1, -0.05) is 36.4 Å². The van der Waals surface area contributed by atoms with Crippen LogP contribution in [0.3, 0.4) is 0 Å². The summed E-state index contributed by atoms with van der Waals surface area (Å²) in [5.41, 5.74) is 0.852. The maximum absolute atomic E-state index is 11.2. The molecule has 2 aromatic carbocycles. The fraction of sp³-hybridized carbons (Fsp3) is 0.133. The second-order valence-electron chi connectivity index (χ2n) is 3.98. The molecule has 2 aromatic rings. The van der Waals surface area contributed by atoms with Crippen LogP contribution in [0, 0.1) is 6.92 Å². The zero-order valence-electron chi connectivity index (χ0n) is 10.4. The minimum absolute atomic E-state index is 0.448. The molecule has 0 heterocycles. The topological polar surface area (TPSA) is 55.8 Å². The fourth-order valence-electron chi connectivity index (χ4n) is 1.55. The van der Waals surface area contributed by atoms with Crippen LogP contribution >= 0.6 is 0 Å². The van der Waals surface area contributed by atoms with Gasteiger partial charge in [-0.3, -0.25) is 0 Å². The summed E-state index contributed by atoms with van der Waals surface area (Å²) in [7, 11) is 0. The van der Waals surface area contributed by atoms with E-state index in [1.807, 2.05) is 25.1 Å². The summed E-state index contributed by atoms with van der Waals surface area (Å²) in [6.07, 6.45) is -1.37. The third kappa shape index (κ3) is 3.48. The molecular formula is C15H14O4. The van der Waals surface area contributed by atoms with Crippen molar-refractivity contribution in [3.8, 4) is 11.5 Å². The number of carboxylic acids is 1. The molecule has 4 nitrogen and oxygen atoms in total. The van der Waals surface area contributed by atoms with Crippen LogP contribution in [0.15, 0.2) is 54.6 Å². The van der Waals surface area contributed by atoms with E-state index in [2.05, 4.69) is 0 Å². The van der Waals surface area contributed by atoms with Gasteiger partial charge in [0.1, 0.15) is 11.5 Å². The molecule has 2 rings (SSSR count). The lowest BCUT2D eigenvalue weighted by molar-refractivity contribution is -0.158. The number of carboxylic acid groups (broad SMARTS) is 1. The van der Waals surface area contributed by atoms with E-state index < -0.39 is 12.3 Å². The molecule has 0 aliphatic heterocycles. The summed E-state index contributed by atoms with van der Waals surface area (Å²) >= 11 is 0. The van der Waals surface area contributed by atoms with Gasteiger partial charge >= 0.3 is 12.3 Å². The van der Waals surface area contributed by atoms with E-state index in [1.54, 1.807) is 36.4 Å². The van der Waals surface area contributed by atoms with E-state index in [1.165, 1.54) is 0 Å². The van der Waals surface area contributed by atoms with Crippen molar-refractivity contribution in [2.24, 2.45) is 0 Å². The minimum atomic E-state index is -1.37. The van der Waals surface area contributed by atoms with Crippen molar-refractivity contribution >= 4 is 5.97 Å². The van der Waals surface area contributed by atoms with Crippen LogP contribution in [0.1, 0.15) is 5.56 Å². The zero-order valence-corrected chi connectivity index (χ0v) is 10.4. The summed E-state index contributed by atoms with van der Waals surface area (Å²) in [5, 5.41) is 9.14. The van der Waals surface area contributed by atoms with Crippen LogP contribution in [-0.4, -0.2) is 17.4 Å². The normalized spacial score (nSPS) is 11.6. The standard InChI is InChI=1S/C15H14O4/c1-11-7-5-6-10-13(11)19-15(14(16)17)18-12-8-3-2-4-9-12/h2-10,15H,1H3,(H,16,17). The van der Waals surface area contributed by atoms with Crippen molar-refractivity contribution in [2.45, 2.75) is 13.2 Å². The predicted molar refractivity (Wildman–Crippen MR) is 70.3 cm³/mol. The number of rotatable bonds is 5. The molecule has 0 aliphatic carbocycles. The van der Waals surface area contributed by atoms with Gasteiger partial charge in [-0.05, 0) is 30.7 Å². The predicted octanol–water partition coefficient (Wildman–Crippen LogP) is 2.86. The maximum atomic E-state index is 11.2. The second-order valence-corrected chi connectivity index (χ2v) is 3.98. The molecule has 4 heteroatoms. The number of ether oxygens (including phenoxy) is 2. The molecule has 19 heavy (non-hydrogen) atoms. The smallest absolute Gasteiger partial charge is 0.387 e. The van der Waals surface area contributed by atoms with Gasteiger partial charge in [-0.2, -0.15) is 0 Å². The number of para-hydroxylation sites is 2. The van der Waals surface area contributed by atoms with E-state index in [0.29, 0.717) is 11.5 Å². The first kappa shape index (κ1) is 13.0. The summed E-state index contributed by atoms with van der Waals surface area (Å²) in [6, 6.07) is 15.9. The molecule has 0 amide bonds. The van der Waals surface area contributed by atoms with Crippen LogP contribution < -0.4 is 9.47 Å². The Hall–Kier alpha value is -2.49. The lowest BCUT2D eigenvalue weighted by atomic mass is 10.2. The third-order valence-electron chi connectivity index (χ3n) is 2.52. The van der Waals surface area contributed by atoms with Gasteiger partial charge < -0.3 is 14.6 Å². The summed E-state index contributed by atoms with van der Waals surface area (Å²) in [4.78, 5) is 11.2. The monoisotopic (exact) mass is 258 g/mol. The summed E-state index contributed by atoms with van der Waals surface area (Å²) in [5.74, 6) is -0.235. The molecule has 0 radical (unpaired) electrons. The van der Waals surface area contributed by atoms with Gasteiger partial charge in [-0.25, -0.2) is 4.79 Å². The Kier molecular flexibility index (Phi) is 4.03. The van der Waals surface area contributed by atoms with Gasteiger partial charge in [0, 0.05) is 0 Å². The third-order valence-corrected chi connectivity index (χ3v) is 2.52. The number of hydrogen-bond acceptors (Lipinski definition) is 3. The van der Waals surface area contributed by atoms with Gasteiger partial charge in [0.2, 0.25) is 0 Å². The highest BCUT2D eigenvalue weighted by Crippen LogP contribution is 2.19. The first-order valence-corrected chi connectivity index (χ1v) is 5.83. The van der Waals surface area contributed by atoms with Gasteiger partial charge in [-0.15, -0.1) is 0 Å². The molecule has 0 bridgehead atoms. The van der Waals surface area contributed by atoms with Crippen molar-refractivity contribution in [3.63, 3.8) is 0 Å². The number of hydrogen-bond donors (Lipinski definition) is 1. The van der Waals surface area contributed by atoms with E-state index >= 15 is 0 Å². The van der Waals surface area contributed by atoms with Gasteiger partial charge in [0.25, 0.3) is 0 Å². The second kappa shape index (κ2) is 5.91. The minimum Gasteiger partial charge on any atom is -0.476 e. The first-order chi connectivity index (χ1) is 9.16. The SMILES string of the molecule is Cc1ccccc1OC(Oc1ccccc1)C(=O)O. The number of aryl methyl sites for hydroxylation is 1. The first-order valence-electron chi connectivity index (χ1n) is 5.83. The van der Waals surface area contributed by atoms with Gasteiger partial charge in [0.05, 0.1) is 0 Å². The highest BCUT2D eigenvalue weighted by Gasteiger charge is 2.22. The highest BCUT2D eigenvalue weighted by atomic mass is 16.7. The Morgan fingerprint density at radius 3 is 2.26 bits per heavy atom. The largest absolute Gasteiger partial charge is 0.476 e. The molecule has 0 aromatic heterocycles. The van der Waals surface area contributed by atoms with E-state index in [-0.39, 0.29) is 0 Å². The molecule has 0 saturated carbocycles. The van der Waals surface area contributed by atoms with Gasteiger partial charge in [0.15, 0.2) is 0 Å². The molecule has 0 fully saturated rings. The Labute approximate surface area is 111 Å². The molecule has 1 N–H and O–H groups in total. The van der Waals surface area contributed by atoms with Crippen molar-refractivity contribution in [1.82, 2.24) is 0 Å². The molecular weight excluding hydrogens is 244 g/mol. The van der Waals surface area contributed by atoms with E-state index in [0.717, 1.165) is 5.56 Å². The summed E-state index contributed by atoms with van der Waals surface area (Å²) < 4.78 is 10.7. The Balaban J connectivity index is 2.13. The van der Waals surface area contributed by atoms with E-state index in [9.17, 15) is 4.79 Å². The molecule has 0 saturated heterocycles. The van der Waals surface area contributed by atoms with Crippen molar-refractivity contribution in [1.29, 1.82) is 0 Å². The Morgan fingerprint density at radius 1 is 1.00 bits per heavy atom. The van der Waals surface area contributed by atoms with Crippen LogP contribution in [0.25, 0.3) is 0 Å². The van der Waals surface area contributed by atoms with Crippen LogP contribution in [-0.2, 0) is 4.79 Å². The lowest BCUT2D eigenvalue weighted by Crippen LogP contribution is -2.33. The van der Waals surface area contributed by atoms with Crippen molar-refractivity contribution in [3.05, 3.63) is 60.2 Å². The molecule has 1 unspecified atom stereocenters. The molecule has 1 atom stereocenters. The van der Waals surface area contributed by atoms with Crippen LogP contribution in [0.4, 0.5) is 0 Å². The average Bonchev–Trinajstić information content (AvgIpc) is 2.41. The zero-order chi connectivity index (χ0) is 13.7. The van der Waals surface area contributed by atoms with Crippen LogP contribution in [0.2, 0.25) is 0 Å². The quantitative estimate of drug-likeness (QED) is 0.838. The molecule has 0 spiro atoms. The maximum Gasteiger partial charge on any atom is 0.387 e. The number of benzene rings is 2. The highest BCUT2D eigenvalue weighted by molar-refractivity contribution is 5.71. The van der Waals surface area contributed by atoms with Crippen molar-refractivity contribution in [2.75, 3.05) is 0 Å². The fourth-order valence-corrected chi connectivity index (χ4v) is 1.55. The lowest BCUT2D eigenvalue weighted by Gasteiger charge is -2.17. The Morgan fingerprint density at radius 2 is 1.63 bits per heavy atom. The number of aliphatic carboxylic acids is 1. The van der Waals surface area contributed by atoms with Crippen molar-refractivity contribution < 1.29 is 19.4 Å². The average molecular weight is 258 g/mol. The van der Waals surface area contributed by atoms with E-state index in [4.69, 9.17) is 14.6 Å². The molecule has 98 valence electrons. The molecule has 0 aliphatic rings.